The number of carbonyl (C=O) groups excluding carboxylic acids is 2. The Labute approximate surface area is 118 Å². The topological polar surface area (TPSA) is 37.4 Å². The highest BCUT2D eigenvalue weighted by atomic mass is 32.1. The monoisotopic (exact) mass is 279 g/mol. The zero-order valence-electron chi connectivity index (χ0n) is 11.4. The van der Waals surface area contributed by atoms with Gasteiger partial charge in [0.1, 0.15) is 0 Å². The van der Waals surface area contributed by atoms with Crippen molar-refractivity contribution in [2.45, 2.75) is 51.0 Å². The first-order valence-corrected chi connectivity index (χ1v) is 7.89. The highest BCUT2D eigenvalue weighted by molar-refractivity contribution is 7.12. The number of rotatable bonds is 5. The fourth-order valence-electron chi connectivity index (χ4n) is 2.63. The van der Waals surface area contributed by atoms with Crippen molar-refractivity contribution in [3.8, 4) is 0 Å². The molecule has 1 aromatic heterocycles. The lowest BCUT2D eigenvalue weighted by Crippen LogP contribution is -2.38. The molecule has 0 spiro atoms. The third kappa shape index (κ3) is 3.90. The Kier molecular flexibility index (Phi) is 5.14. The lowest BCUT2D eigenvalue weighted by Gasteiger charge is -2.31. The van der Waals surface area contributed by atoms with E-state index in [-0.39, 0.29) is 11.7 Å². The summed E-state index contributed by atoms with van der Waals surface area (Å²) >= 11 is 1.44. The van der Waals surface area contributed by atoms with Crippen LogP contribution >= 0.6 is 11.3 Å². The zero-order chi connectivity index (χ0) is 13.7. The van der Waals surface area contributed by atoms with Crippen LogP contribution in [0.4, 0.5) is 0 Å². The number of carbonyl (C=O) groups is 2. The van der Waals surface area contributed by atoms with Gasteiger partial charge in [-0.05, 0) is 24.3 Å². The quantitative estimate of drug-likeness (QED) is 0.774. The van der Waals surface area contributed by atoms with Crippen molar-refractivity contribution in [1.82, 2.24) is 4.90 Å². The molecule has 0 radical (unpaired) electrons. The van der Waals surface area contributed by atoms with Crippen LogP contribution in [0.25, 0.3) is 0 Å². The third-order valence-electron chi connectivity index (χ3n) is 3.88. The fourth-order valence-corrected chi connectivity index (χ4v) is 3.32. The van der Waals surface area contributed by atoms with Gasteiger partial charge in [-0.1, -0.05) is 25.3 Å². The van der Waals surface area contributed by atoms with E-state index in [4.69, 9.17) is 0 Å². The summed E-state index contributed by atoms with van der Waals surface area (Å²) in [6.07, 6.45) is 6.62. The normalized spacial score (nSPS) is 16.3. The number of Topliss-reactive ketones (excluding diaryl/α,β-unsaturated/α-hetero) is 1. The smallest absolute Gasteiger partial charge is 0.223 e. The predicted molar refractivity (Wildman–Crippen MR) is 77.5 cm³/mol. The minimum Gasteiger partial charge on any atom is -0.343 e. The Balaban J connectivity index is 1.78. The van der Waals surface area contributed by atoms with E-state index in [1.807, 2.05) is 29.5 Å². The zero-order valence-corrected chi connectivity index (χ0v) is 12.2. The Hall–Kier alpha value is -1.16. The van der Waals surface area contributed by atoms with Crippen molar-refractivity contribution in [3.63, 3.8) is 0 Å². The van der Waals surface area contributed by atoms with Gasteiger partial charge in [0.25, 0.3) is 0 Å². The second-order valence-electron chi connectivity index (χ2n) is 5.20. The molecule has 1 aliphatic rings. The molecule has 1 amide bonds. The van der Waals surface area contributed by atoms with E-state index in [9.17, 15) is 9.59 Å². The van der Waals surface area contributed by atoms with Crippen LogP contribution in [-0.4, -0.2) is 29.7 Å². The molecule has 0 saturated heterocycles. The van der Waals surface area contributed by atoms with E-state index in [1.54, 1.807) is 0 Å². The third-order valence-corrected chi connectivity index (χ3v) is 4.79. The Morgan fingerprint density at radius 3 is 2.63 bits per heavy atom. The molecule has 0 atom stereocenters. The number of hydrogen-bond acceptors (Lipinski definition) is 3. The van der Waals surface area contributed by atoms with Gasteiger partial charge in [0.05, 0.1) is 4.88 Å². The van der Waals surface area contributed by atoms with Gasteiger partial charge >= 0.3 is 0 Å². The van der Waals surface area contributed by atoms with Gasteiger partial charge in [-0.3, -0.25) is 9.59 Å². The molecule has 104 valence electrons. The standard InChI is InChI=1S/C15H21NO2S/c1-16(12-6-3-2-4-7-12)15(18)10-9-13(17)14-8-5-11-19-14/h5,8,11-12H,2-4,6-7,9-10H2,1H3. The summed E-state index contributed by atoms with van der Waals surface area (Å²) in [4.78, 5) is 26.6. The van der Waals surface area contributed by atoms with E-state index in [0.29, 0.717) is 18.9 Å². The van der Waals surface area contributed by atoms with E-state index in [0.717, 1.165) is 17.7 Å². The summed E-state index contributed by atoms with van der Waals surface area (Å²) in [6.45, 7) is 0. The number of amides is 1. The molecule has 1 saturated carbocycles. The maximum absolute atomic E-state index is 12.1. The van der Waals surface area contributed by atoms with Gasteiger partial charge in [0, 0.05) is 25.9 Å². The summed E-state index contributed by atoms with van der Waals surface area (Å²) in [5.41, 5.74) is 0. The highest BCUT2D eigenvalue weighted by Gasteiger charge is 2.22. The molecule has 0 aliphatic heterocycles. The lowest BCUT2D eigenvalue weighted by molar-refractivity contribution is -0.132. The molecule has 1 fully saturated rings. The first-order valence-electron chi connectivity index (χ1n) is 7.01. The second kappa shape index (κ2) is 6.85. The van der Waals surface area contributed by atoms with Crippen LogP contribution < -0.4 is 0 Å². The summed E-state index contributed by atoms with van der Waals surface area (Å²) in [6, 6.07) is 4.08. The van der Waals surface area contributed by atoms with Crippen molar-refractivity contribution in [1.29, 1.82) is 0 Å². The maximum Gasteiger partial charge on any atom is 0.223 e. The van der Waals surface area contributed by atoms with Crippen LogP contribution in [0.15, 0.2) is 17.5 Å². The van der Waals surface area contributed by atoms with Crippen molar-refractivity contribution >= 4 is 23.0 Å². The van der Waals surface area contributed by atoms with Gasteiger partial charge in [-0.15, -0.1) is 11.3 Å². The molecule has 1 aliphatic carbocycles. The van der Waals surface area contributed by atoms with Crippen LogP contribution in [0.2, 0.25) is 0 Å². The molecule has 1 heterocycles. The highest BCUT2D eigenvalue weighted by Crippen LogP contribution is 2.22. The molecule has 0 aromatic carbocycles. The summed E-state index contributed by atoms with van der Waals surface area (Å²) < 4.78 is 0. The van der Waals surface area contributed by atoms with E-state index in [2.05, 4.69) is 0 Å². The van der Waals surface area contributed by atoms with Gasteiger partial charge in [0.15, 0.2) is 5.78 Å². The van der Waals surface area contributed by atoms with Crippen molar-refractivity contribution in [3.05, 3.63) is 22.4 Å². The molecule has 4 heteroatoms. The van der Waals surface area contributed by atoms with Crippen molar-refractivity contribution in [2.75, 3.05) is 7.05 Å². The summed E-state index contributed by atoms with van der Waals surface area (Å²) in [7, 11) is 1.88. The van der Waals surface area contributed by atoms with E-state index in [1.165, 1.54) is 30.6 Å². The fraction of sp³-hybridized carbons (Fsp3) is 0.600. The van der Waals surface area contributed by atoms with Crippen LogP contribution in [0.5, 0.6) is 0 Å². The van der Waals surface area contributed by atoms with Crippen LogP contribution in [0, 0.1) is 0 Å². The minimum atomic E-state index is 0.0837. The minimum absolute atomic E-state index is 0.0837. The van der Waals surface area contributed by atoms with Gasteiger partial charge in [-0.25, -0.2) is 0 Å². The predicted octanol–water partition coefficient (Wildman–Crippen LogP) is 3.50. The lowest BCUT2D eigenvalue weighted by atomic mass is 9.94. The van der Waals surface area contributed by atoms with Crippen LogP contribution in [-0.2, 0) is 4.79 Å². The Morgan fingerprint density at radius 2 is 2.00 bits per heavy atom. The van der Waals surface area contributed by atoms with Crippen molar-refractivity contribution in [2.24, 2.45) is 0 Å². The SMILES string of the molecule is CN(C(=O)CCC(=O)c1cccs1)C1CCCCC1. The summed E-state index contributed by atoms with van der Waals surface area (Å²) in [5.74, 6) is 0.192. The number of nitrogens with zero attached hydrogens (tertiary/aromatic N) is 1. The maximum atomic E-state index is 12.1. The number of ketones is 1. The van der Waals surface area contributed by atoms with E-state index < -0.39 is 0 Å². The molecule has 0 N–H and O–H groups in total. The molecule has 1 aromatic rings. The Bertz CT molecular complexity index is 421. The van der Waals surface area contributed by atoms with E-state index >= 15 is 0 Å². The molecule has 0 unspecified atom stereocenters. The average molecular weight is 279 g/mol. The Morgan fingerprint density at radius 1 is 1.26 bits per heavy atom. The van der Waals surface area contributed by atoms with Gasteiger partial charge in [0.2, 0.25) is 5.91 Å². The summed E-state index contributed by atoms with van der Waals surface area (Å²) in [5, 5.41) is 1.89. The van der Waals surface area contributed by atoms with Gasteiger partial charge in [-0.2, -0.15) is 0 Å². The number of thiophene rings is 1. The first-order chi connectivity index (χ1) is 9.18. The molecule has 3 nitrogen and oxygen atoms in total. The molecular formula is C15H21NO2S. The molecule has 19 heavy (non-hydrogen) atoms. The van der Waals surface area contributed by atoms with Gasteiger partial charge < -0.3 is 4.90 Å². The average Bonchev–Trinajstić information content (AvgIpc) is 2.98. The largest absolute Gasteiger partial charge is 0.343 e. The molecule has 0 bridgehead atoms. The van der Waals surface area contributed by atoms with Crippen molar-refractivity contribution < 1.29 is 9.59 Å². The van der Waals surface area contributed by atoms with Crippen LogP contribution in [0.1, 0.15) is 54.6 Å². The second-order valence-corrected chi connectivity index (χ2v) is 6.14. The number of hydrogen-bond donors (Lipinski definition) is 0. The molecule has 2 rings (SSSR count). The van der Waals surface area contributed by atoms with Crippen LogP contribution in [0.3, 0.4) is 0 Å². The first kappa shape index (κ1) is 14.3. The molecular weight excluding hydrogens is 258 g/mol.